The standard InChI is InChI=1S/C13H19NO2/c1-9(2)12-6-4-11(5-7-12)8-14-10(3)13(15)16/h4-7,9-10,14H,8H2,1-3H3,(H,15,16). The lowest BCUT2D eigenvalue weighted by atomic mass is 10.0. The van der Waals surface area contributed by atoms with E-state index in [0.717, 1.165) is 5.56 Å². The summed E-state index contributed by atoms with van der Waals surface area (Å²) in [6, 6.07) is 7.75. The number of carboxylic acids is 1. The van der Waals surface area contributed by atoms with Gasteiger partial charge in [-0.3, -0.25) is 4.79 Å². The fourth-order valence-electron chi connectivity index (χ4n) is 1.38. The maximum absolute atomic E-state index is 10.6. The van der Waals surface area contributed by atoms with Gasteiger partial charge in [-0.25, -0.2) is 0 Å². The fourth-order valence-corrected chi connectivity index (χ4v) is 1.38. The van der Waals surface area contributed by atoms with Crippen LogP contribution in [0.1, 0.15) is 37.8 Å². The number of carboxylic acid groups (broad SMARTS) is 1. The number of benzene rings is 1. The Hall–Kier alpha value is -1.35. The maximum Gasteiger partial charge on any atom is 0.320 e. The van der Waals surface area contributed by atoms with Gasteiger partial charge in [-0.1, -0.05) is 38.1 Å². The molecule has 0 saturated carbocycles. The van der Waals surface area contributed by atoms with E-state index >= 15 is 0 Å². The van der Waals surface area contributed by atoms with E-state index in [-0.39, 0.29) is 0 Å². The Morgan fingerprint density at radius 2 is 1.81 bits per heavy atom. The van der Waals surface area contributed by atoms with Crippen molar-refractivity contribution in [3.05, 3.63) is 35.4 Å². The van der Waals surface area contributed by atoms with Crippen LogP contribution < -0.4 is 5.32 Å². The predicted molar refractivity (Wildman–Crippen MR) is 64.5 cm³/mol. The fraction of sp³-hybridized carbons (Fsp3) is 0.462. The Morgan fingerprint density at radius 1 is 1.25 bits per heavy atom. The van der Waals surface area contributed by atoms with E-state index in [9.17, 15) is 4.79 Å². The van der Waals surface area contributed by atoms with Crippen molar-refractivity contribution in [1.82, 2.24) is 5.32 Å². The van der Waals surface area contributed by atoms with Crippen LogP contribution in [0.2, 0.25) is 0 Å². The number of hydrogen-bond donors (Lipinski definition) is 2. The third-order valence-corrected chi connectivity index (χ3v) is 2.63. The lowest BCUT2D eigenvalue weighted by molar-refractivity contribution is -0.139. The molecule has 0 aliphatic rings. The van der Waals surface area contributed by atoms with Gasteiger partial charge in [0.2, 0.25) is 0 Å². The summed E-state index contributed by atoms with van der Waals surface area (Å²) in [4.78, 5) is 10.6. The lowest BCUT2D eigenvalue weighted by Gasteiger charge is -2.10. The van der Waals surface area contributed by atoms with Gasteiger partial charge >= 0.3 is 5.97 Å². The predicted octanol–water partition coefficient (Wildman–Crippen LogP) is 2.37. The van der Waals surface area contributed by atoms with Gasteiger partial charge in [-0.15, -0.1) is 0 Å². The first-order chi connectivity index (χ1) is 7.50. The van der Waals surface area contributed by atoms with E-state index in [1.807, 2.05) is 12.1 Å². The first kappa shape index (κ1) is 12.7. The number of carbonyl (C=O) groups is 1. The van der Waals surface area contributed by atoms with Crippen molar-refractivity contribution < 1.29 is 9.90 Å². The second kappa shape index (κ2) is 5.66. The van der Waals surface area contributed by atoms with E-state index in [0.29, 0.717) is 12.5 Å². The molecule has 0 radical (unpaired) electrons. The summed E-state index contributed by atoms with van der Waals surface area (Å²) in [5, 5.41) is 11.7. The highest BCUT2D eigenvalue weighted by atomic mass is 16.4. The van der Waals surface area contributed by atoms with E-state index in [2.05, 4.69) is 31.3 Å². The van der Waals surface area contributed by atoms with Gasteiger partial charge in [-0.2, -0.15) is 0 Å². The van der Waals surface area contributed by atoms with Gasteiger partial charge in [0.05, 0.1) is 0 Å². The summed E-state index contributed by atoms with van der Waals surface area (Å²) < 4.78 is 0. The van der Waals surface area contributed by atoms with Crippen molar-refractivity contribution in [1.29, 1.82) is 0 Å². The number of rotatable bonds is 5. The molecule has 1 rings (SSSR count). The minimum absolute atomic E-state index is 0.509. The molecule has 0 aromatic heterocycles. The average molecular weight is 221 g/mol. The second-order valence-corrected chi connectivity index (χ2v) is 4.34. The van der Waals surface area contributed by atoms with Crippen LogP contribution >= 0.6 is 0 Å². The molecule has 3 heteroatoms. The molecule has 1 unspecified atom stereocenters. The molecule has 0 aliphatic carbocycles. The Bertz CT molecular complexity index is 343. The van der Waals surface area contributed by atoms with Gasteiger partial charge in [0.25, 0.3) is 0 Å². The van der Waals surface area contributed by atoms with Crippen molar-refractivity contribution in [2.75, 3.05) is 0 Å². The molecule has 1 aromatic rings. The van der Waals surface area contributed by atoms with E-state index < -0.39 is 12.0 Å². The van der Waals surface area contributed by atoms with Crippen LogP contribution in [0.3, 0.4) is 0 Å². The van der Waals surface area contributed by atoms with Crippen molar-refractivity contribution in [3.8, 4) is 0 Å². The Balaban J connectivity index is 2.52. The van der Waals surface area contributed by atoms with Gasteiger partial charge in [-0.05, 0) is 24.0 Å². The normalized spacial score (nSPS) is 12.8. The highest BCUT2D eigenvalue weighted by Gasteiger charge is 2.09. The summed E-state index contributed by atoms with van der Waals surface area (Å²) >= 11 is 0. The quantitative estimate of drug-likeness (QED) is 0.802. The van der Waals surface area contributed by atoms with Crippen LogP contribution in [-0.4, -0.2) is 17.1 Å². The van der Waals surface area contributed by atoms with Gasteiger partial charge < -0.3 is 10.4 Å². The first-order valence-electron chi connectivity index (χ1n) is 5.55. The van der Waals surface area contributed by atoms with E-state index in [1.54, 1.807) is 6.92 Å². The van der Waals surface area contributed by atoms with E-state index in [1.165, 1.54) is 5.56 Å². The molecule has 0 amide bonds. The summed E-state index contributed by atoms with van der Waals surface area (Å²) in [5.74, 6) is -0.293. The van der Waals surface area contributed by atoms with Crippen LogP contribution in [0, 0.1) is 0 Å². The number of aliphatic carboxylic acids is 1. The molecular formula is C13H19NO2. The van der Waals surface area contributed by atoms with Crippen molar-refractivity contribution in [2.45, 2.75) is 39.3 Å². The highest BCUT2D eigenvalue weighted by molar-refractivity contribution is 5.72. The Kier molecular flexibility index (Phi) is 4.50. The molecule has 0 bridgehead atoms. The largest absolute Gasteiger partial charge is 0.480 e. The monoisotopic (exact) mass is 221 g/mol. The van der Waals surface area contributed by atoms with Crippen molar-refractivity contribution in [2.24, 2.45) is 0 Å². The summed E-state index contributed by atoms with van der Waals surface area (Å²) in [6.07, 6.45) is 0. The van der Waals surface area contributed by atoms with Crippen LogP contribution in [0.15, 0.2) is 24.3 Å². The molecule has 88 valence electrons. The van der Waals surface area contributed by atoms with Crippen molar-refractivity contribution in [3.63, 3.8) is 0 Å². The molecule has 0 fully saturated rings. The molecule has 0 heterocycles. The molecule has 0 spiro atoms. The van der Waals surface area contributed by atoms with Crippen LogP contribution in [-0.2, 0) is 11.3 Å². The molecule has 2 N–H and O–H groups in total. The van der Waals surface area contributed by atoms with Crippen molar-refractivity contribution >= 4 is 5.97 Å². The van der Waals surface area contributed by atoms with Crippen LogP contribution in [0.25, 0.3) is 0 Å². The minimum atomic E-state index is -0.821. The molecular weight excluding hydrogens is 202 g/mol. The summed E-state index contributed by atoms with van der Waals surface area (Å²) in [7, 11) is 0. The molecule has 1 aromatic carbocycles. The second-order valence-electron chi connectivity index (χ2n) is 4.34. The first-order valence-corrected chi connectivity index (χ1v) is 5.55. The zero-order chi connectivity index (χ0) is 12.1. The molecule has 0 saturated heterocycles. The smallest absolute Gasteiger partial charge is 0.320 e. The summed E-state index contributed by atoms with van der Waals surface area (Å²) in [6.45, 7) is 6.54. The SMILES string of the molecule is CC(NCc1ccc(C(C)C)cc1)C(=O)O. The molecule has 0 aliphatic heterocycles. The highest BCUT2D eigenvalue weighted by Crippen LogP contribution is 2.14. The topological polar surface area (TPSA) is 49.3 Å². The zero-order valence-electron chi connectivity index (χ0n) is 10.0. The molecule has 1 atom stereocenters. The Morgan fingerprint density at radius 3 is 2.25 bits per heavy atom. The molecule has 3 nitrogen and oxygen atoms in total. The number of hydrogen-bond acceptors (Lipinski definition) is 2. The molecule has 16 heavy (non-hydrogen) atoms. The third kappa shape index (κ3) is 3.66. The van der Waals surface area contributed by atoms with Gasteiger partial charge in [0, 0.05) is 6.54 Å². The van der Waals surface area contributed by atoms with Crippen LogP contribution in [0.5, 0.6) is 0 Å². The maximum atomic E-state index is 10.6. The van der Waals surface area contributed by atoms with Gasteiger partial charge in [0.1, 0.15) is 6.04 Å². The summed E-state index contributed by atoms with van der Waals surface area (Å²) in [5.41, 5.74) is 2.41. The lowest BCUT2D eigenvalue weighted by Crippen LogP contribution is -2.33. The van der Waals surface area contributed by atoms with E-state index in [4.69, 9.17) is 5.11 Å². The van der Waals surface area contributed by atoms with Crippen LogP contribution in [0.4, 0.5) is 0 Å². The zero-order valence-corrected chi connectivity index (χ0v) is 10.0. The number of nitrogens with one attached hydrogen (secondary N) is 1. The third-order valence-electron chi connectivity index (χ3n) is 2.63. The average Bonchev–Trinajstić information content (AvgIpc) is 2.26. The Labute approximate surface area is 96.5 Å². The minimum Gasteiger partial charge on any atom is -0.480 e. The van der Waals surface area contributed by atoms with Gasteiger partial charge in [0.15, 0.2) is 0 Å².